The zero-order valence-corrected chi connectivity index (χ0v) is 22.4. The van der Waals surface area contributed by atoms with Gasteiger partial charge in [0.1, 0.15) is 12.0 Å². The number of aryl methyl sites for hydroxylation is 1. The standard InChI is InChI=1S/C17H21FN4O.C5H11NO.C4H10O2/c1-21-9-3-4-15(21)17(23)19-10-12-5-7-13(8-6-12)16-14(18)11-20-22(16)2;1-4(2)5(6)3-7;1-5-3-4-6-2/h5-8,11,15H,3-4,9-10H2,1-2H3,(H,19,23);3-5H,6H2,1-2H3;3-4H2,1-2H3. The van der Waals surface area contributed by atoms with Gasteiger partial charge in [-0.15, -0.1) is 0 Å². The minimum absolute atomic E-state index is 0.0159. The van der Waals surface area contributed by atoms with Crippen molar-refractivity contribution in [1.29, 1.82) is 0 Å². The van der Waals surface area contributed by atoms with Gasteiger partial charge in [0.05, 0.1) is 31.5 Å². The molecule has 1 aliphatic heterocycles. The van der Waals surface area contributed by atoms with E-state index in [0.29, 0.717) is 25.5 Å². The Morgan fingerprint density at radius 3 is 2.22 bits per heavy atom. The predicted octanol–water partition coefficient (Wildman–Crippen LogP) is 2.38. The fourth-order valence-corrected chi connectivity index (χ4v) is 3.39. The van der Waals surface area contributed by atoms with Gasteiger partial charge in [-0.05, 0) is 37.9 Å². The summed E-state index contributed by atoms with van der Waals surface area (Å²) >= 11 is 0. The number of carbonyl (C=O) groups excluding carboxylic acids is 2. The Morgan fingerprint density at radius 1 is 1.22 bits per heavy atom. The Morgan fingerprint density at radius 2 is 1.83 bits per heavy atom. The highest BCUT2D eigenvalue weighted by molar-refractivity contribution is 5.82. The Labute approximate surface area is 214 Å². The van der Waals surface area contributed by atoms with Gasteiger partial charge in [-0.2, -0.15) is 5.10 Å². The molecule has 2 atom stereocenters. The van der Waals surface area contributed by atoms with Crippen LogP contribution in [0.15, 0.2) is 30.5 Å². The molecule has 1 aromatic carbocycles. The number of carbonyl (C=O) groups is 2. The Kier molecular flexibility index (Phi) is 14.7. The number of amides is 1. The molecule has 0 radical (unpaired) electrons. The molecule has 2 unspecified atom stereocenters. The van der Waals surface area contributed by atoms with Crippen molar-refractivity contribution in [3.63, 3.8) is 0 Å². The summed E-state index contributed by atoms with van der Waals surface area (Å²) in [5, 5.41) is 6.88. The number of aromatic nitrogens is 2. The number of rotatable bonds is 9. The van der Waals surface area contributed by atoms with E-state index in [0.717, 1.165) is 36.8 Å². The summed E-state index contributed by atoms with van der Waals surface area (Å²) in [4.78, 5) is 24.1. The van der Waals surface area contributed by atoms with E-state index in [1.807, 2.05) is 45.2 Å². The second kappa shape index (κ2) is 16.9. The van der Waals surface area contributed by atoms with E-state index < -0.39 is 0 Å². The highest BCUT2D eigenvalue weighted by atomic mass is 19.1. The number of hydrogen-bond acceptors (Lipinski definition) is 7. The Hall–Kier alpha value is -2.66. The van der Waals surface area contributed by atoms with Gasteiger partial charge in [0.15, 0.2) is 5.82 Å². The SMILES string of the molecule is CC(C)C(N)C=O.CN1CCCC1C(=O)NCc1ccc(-c2c(F)cnn2C)cc1.COCCOC. The van der Waals surface area contributed by atoms with Gasteiger partial charge in [-0.3, -0.25) is 14.4 Å². The maximum absolute atomic E-state index is 13.7. The lowest BCUT2D eigenvalue weighted by molar-refractivity contribution is -0.125. The second-order valence-electron chi connectivity index (χ2n) is 8.96. The zero-order chi connectivity index (χ0) is 27.1. The van der Waals surface area contributed by atoms with Gasteiger partial charge in [-0.1, -0.05) is 38.1 Å². The van der Waals surface area contributed by atoms with Gasteiger partial charge in [0, 0.05) is 33.4 Å². The molecule has 1 fully saturated rings. The highest BCUT2D eigenvalue weighted by Crippen LogP contribution is 2.22. The largest absolute Gasteiger partial charge is 0.382 e. The van der Waals surface area contributed by atoms with E-state index in [9.17, 15) is 14.0 Å². The molecule has 3 N–H and O–H groups in total. The molecule has 9 nitrogen and oxygen atoms in total. The van der Waals surface area contributed by atoms with E-state index in [-0.39, 0.29) is 29.7 Å². The number of nitrogens with one attached hydrogen (secondary N) is 1. The quantitative estimate of drug-likeness (QED) is 0.396. The number of hydrogen-bond donors (Lipinski definition) is 2. The van der Waals surface area contributed by atoms with Crippen LogP contribution in [-0.4, -0.2) is 80.0 Å². The van der Waals surface area contributed by atoms with Crippen LogP contribution in [0.3, 0.4) is 0 Å². The molecule has 10 heteroatoms. The molecule has 0 bridgehead atoms. The van der Waals surface area contributed by atoms with Crippen LogP contribution in [0.25, 0.3) is 11.3 Å². The lowest BCUT2D eigenvalue weighted by Gasteiger charge is -2.18. The average Bonchev–Trinajstić information content (AvgIpc) is 3.46. The fraction of sp³-hybridized carbons (Fsp3) is 0.577. The molecule has 1 aliphatic rings. The molecule has 3 rings (SSSR count). The molecule has 36 heavy (non-hydrogen) atoms. The van der Waals surface area contributed by atoms with Crippen molar-refractivity contribution in [2.45, 2.75) is 45.3 Å². The van der Waals surface area contributed by atoms with Crippen molar-refractivity contribution in [2.24, 2.45) is 18.7 Å². The minimum Gasteiger partial charge on any atom is -0.382 e. The fourth-order valence-electron chi connectivity index (χ4n) is 3.39. The first kappa shape index (κ1) is 31.4. The van der Waals surface area contributed by atoms with Gasteiger partial charge in [-0.25, -0.2) is 4.39 Å². The molecule has 1 saturated heterocycles. The number of nitrogens with zero attached hydrogens (tertiary/aromatic N) is 3. The van der Waals surface area contributed by atoms with E-state index in [4.69, 9.17) is 5.73 Å². The maximum Gasteiger partial charge on any atom is 0.237 e. The molecule has 0 spiro atoms. The van der Waals surface area contributed by atoms with Crippen molar-refractivity contribution >= 4 is 12.2 Å². The van der Waals surface area contributed by atoms with Crippen LogP contribution < -0.4 is 11.1 Å². The smallest absolute Gasteiger partial charge is 0.237 e. The highest BCUT2D eigenvalue weighted by Gasteiger charge is 2.27. The van der Waals surface area contributed by atoms with Crippen molar-refractivity contribution in [1.82, 2.24) is 20.0 Å². The first-order valence-corrected chi connectivity index (χ1v) is 12.1. The van der Waals surface area contributed by atoms with Crippen LogP contribution in [0.4, 0.5) is 4.39 Å². The lowest BCUT2D eigenvalue weighted by atomic mass is 10.1. The summed E-state index contributed by atoms with van der Waals surface area (Å²) in [6.07, 6.45) is 3.97. The third-order valence-corrected chi connectivity index (χ3v) is 5.83. The first-order valence-electron chi connectivity index (χ1n) is 12.1. The summed E-state index contributed by atoms with van der Waals surface area (Å²) in [5.41, 5.74) is 7.48. The number of ether oxygens (including phenoxy) is 2. The number of likely N-dealkylation sites (N-methyl/N-ethyl adjacent to an activating group) is 1. The van der Waals surface area contributed by atoms with E-state index >= 15 is 0 Å². The number of benzene rings is 1. The predicted molar refractivity (Wildman–Crippen MR) is 139 cm³/mol. The van der Waals surface area contributed by atoms with Crippen LogP contribution in [0, 0.1) is 11.7 Å². The molecule has 2 aromatic rings. The van der Waals surface area contributed by atoms with E-state index in [2.05, 4.69) is 24.8 Å². The molecule has 0 aliphatic carbocycles. The molecule has 1 amide bonds. The maximum atomic E-state index is 13.7. The van der Waals surface area contributed by atoms with Gasteiger partial charge in [0.25, 0.3) is 0 Å². The molecule has 2 heterocycles. The van der Waals surface area contributed by atoms with Crippen LogP contribution in [-0.2, 0) is 32.7 Å². The van der Waals surface area contributed by atoms with Crippen molar-refractivity contribution in [2.75, 3.05) is 41.0 Å². The number of likely N-dealkylation sites (tertiary alicyclic amines) is 1. The summed E-state index contributed by atoms with van der Waals surface area (Å²) in [6, 6.07) is 7.21. The minimum atomic E-state index is -0.335. The summed E-state index contributed by atoms with van der Waals surface area (Å²) < 4.78 is 24.5. The van der Waals surface area contributed by atoms with Crippen LogP contribution >= 0.6 is 0 Å². The van der Waals surface area contributed by atoms with Gasteiger partial charge in [0.2, 0.25) is 5.91 Å². The summed E-state index contributed by atoms with van der Waals surface area (Å²) in [7, 11) is 7.00. The van der Waals surface area contributed by atoms with Gasteiger partial charge < -0.3 is 25.3 Å². The first-order chi connectivity index (χ1) is 17.2. The zero-order valence-electron chi connectivity index (χ0n) is 22.4. The molecular weight excluding hydrogens is 465 g/mol. The normalized spacial score (nSPS) is 16.0. The van der Waals surface area contributed by atoms with Crippen LogP contribution in [0.5, 0.6) is 0 Å². The third kappa shape index (κ3) is 10.5. The second-order valence-corrected chi connectivity index (χ2v) is 8.96. The van der Waals surface area contributed by atoms with Crippen molar-refractivity contribution in [3.8, 4) is 11.3 Å². The Balaban J connectivity index is 0.000000413. The number of methoxy groups -OCH3 is 2. The van der Waals surface area contributed by atoms with E-state index in [1.54, 1.807) is 21.3 Å². The third-order valence-electron chi connectivity index (χ3n) is 5.83. The van der Waals surface area contributed by atoms with Crippen LogP contribution in [0.1, 0.15) is 32.3 Å². The average molecular weight is 508 g/mol. The van der Waals surface area contributed by atoms with Gasteiger partial charge >= 0.3 is 0 Å². The summed E-state index contributed by atoms with van der Waals surface area (Å²) in [6.45, 7) is 6.67. The van der Waals surface area contributed by atoms with Crippen molar-refractivity contribution < 1.29 is 23.5 Å². The van der Waals surface area contributed by atoms with Crippen LogP contribution in [0.2, 0.25) is 0 Å². The number of nitrogens with two attached hydrogens (primary N) is 1. The summed E-state index contributed by atoms with van der Waals surface area (Å²) in [5.74, 6) is 0.0158. The molecule has 202 valence electrons. The molecular formula is C26H42FN5O4. The topological polar surface area (TPSA) is 112 Å². The number of halogens is 1. The van der Waals surface area contributed by atoms with Crippen molar-refractivity contribution in [3.05, 3.63) is 41.8 Å². The monoisotopic (exact) mass is 507 g/mol. The lowest BCUT2D eigenvalue weighted by Crippen LogP contribution is -2.41. The van der Waals surface area contributed by atoms with E-state index in [1.165, 1.54) is 10.9 Å². The molecule has 1 aromatic heterocycles. The number of aldehydes is 1. The Bertz CT molecular complexity index is 881. The molecule has 0 saturated carbocycles.